The van der Waals surface area contributed by atoms with Gasteiger partial charge in [-0.05, 0) is 35.7 Å². The van der Waals surface area contributed by atoms with Crippen molar-refractivity contribution in [2.45, 2.75) is 33.4 Å². The van der Waals surface area contributed by atoms with E-state index in [2.05, 4.69) is 55.6 Å². The Morgan fingerprint density at radius 1 is 0.850 bits per heavy atom. The van der Waals surface area contributed by atoms with E-state index >= 15 is 0 Å². The molecule has 2 aromatic rings. The standard InChI is InChI=1S/C18H23NO/c1-3-15-9-7-8-12-18(15)20-14-17-11-6-5-10-16(17)13-19-4-2/h5-12,19H,3-4,13-14H2,1-2H3. The molecule has 106 valence electrons. The van der Waals surface area contributed by atoms with E-state index in [4.69, 9.17) is 4.74 Å². The Morgan fingerprint density at radius 2 is 1.50 bits per heavy atom. The van der Waals surface area contributed by atoms with E-state index in [9.17, 15) is 0 Å². The summed E-state index contributed by atoms with van der Waals surface area (Å²) in [5.74, 6) is 0.994. The predicted molar refractivity (Wildman–Crippen MR) is 84.0 cm³/mol. The highest BCUT2D eigenvalue weighted by atomic mass is 16.5. The minimum atomic E-state index is 0.624. The number of aryl methyl sites for hydroxylation is 1. The first-order chi connectivity index (χ1) is 9.85. The van der Waals surface area contributed by atoms with Gasteiger partial charge >= 0.3 is 0 Å². The van der Waals surface area contributed by atoms with Gasteiger partial charge in [0, 0.05) is 6.54 Å². The molecular formula is C18H23NO. The Hall–Kier alpha value is -1.80. The second kappa shape index (κ2) is 7.71. The Labute approximate surface area is 121 Å². The molecule has 0 atom stereocenters. The molecule has 1 N–H and O–H groups in total. The van der Waals surface area contributed by atoms with Crippen LogP contribution in [0.3, 0.4) is 0 Å². The summed E-state index contributed by atoms with van der Waals surface area (Å²) in [6, 6.07) is 16.7. The number of para-hydroxylation sites is 1. The van der Waals surface area contributed by atoms with Crippen molar-refractivity contribution in [3.05, 3.63) is 65.2 Å². The molecule has 0 spiro atoms. The van der Waals surface area contributed by atoms with Crippen molar-refractivity contribution in [2.24, 2.45) is 0 Å². The summed E-state index contributed by atoms with van der Waals surface area (Å²) in [6.07, 6.45) is 0.995. The highest BCUT2D eigenvalue weighted by Gasteiger charge is 2.04. The summed E-state index contributed by atoms with van der Waals surface area (Å²) in [5.41, 5.74) is 3.82. The van der Waals surface area contributed by atoms with Gasteiger partial charge in [0.25, 0.3) is 0 Å². The van der Waals surface area contributed by atoms with Crippen LogP contribution >= 0.6 is 0 Å². The largest absolute Gasteiger partial charge is 0.489 e. The van der Waals surface area contributed by atoms with Gasteiger partial charge in [-0.15, -0.1) is 0 Å². The predicted octanol–water partition coefficient (Wildman–Crippen LogP) is 3.94. The smallest absolute Gasteiger partial charge is 0.122 e. The molecule has 2 nitrogen and oxygen atoms in total. The van der Waals surface area contributed by atoms with Crippen LogP contribution in [-0.2, 0) is 19.6 Å². The van der Waals surface area contributed by atoms with Crippen LogP contribution in [0.5, 0.6) is 5.75 Å². The number of hydrogen-bond acceptors (Lipinski definition) is 2. The van der Waals surface area contributed by atoms with Gasteiger partial charge in [0.2, 0.25) is 0 Å². The van der Waals surface area contributed by atoms with Gasteiger partial charge in [0.05, 0.1) is 0 Å². The lowest BCUT2D eigenvalue weighted by atomic mass is 10.1. The third-order valence-corrected chi connectivity index (χ3v) is 3.42. The van der Waals surface area contributed by atoms with Gasteiger partial charge in [0.15, 0.2) is 0 Å². The van der Waals surface area contributed by atoms with E-state index in [1.54, 1.807) is 0 Å². The second-order valence-corrected chi connectivity index (χ2v) is 4.80. The summed E-state index contributed by atoms with van der Waals surface area (Å²) in [6.45, 7) is 6.77. The Balaban J connectivity index is 2.06. The Morgan fingerprint density at radius 3 is 2.20 bits per heavy atom. The summed E-state index contributed by atoms with van der Waals surface area (Å²) in [4.78, 5) is 0. The van der Waals surface area contributed by atoms with E-state index < -0.39 is 0 Å². The molecule has 2 heteroatoms. The molecule has 2 aromatic carbocycles. The molecule has 0 unspecified atom stereocenters. The first-order valence-electron chi connectivity index (χ1n) is 7.33. The zero-order chi connectivity index (χ0) is 14.2. The van der Waals surface area contributed by atoms with Crippen LogP contribution in [0.15, 0.2) is 48.5 Å². The van der Waals surface area contributed by atoms with Crippen molar-refractivity contribution in [3.8, 4) is 5.75 Å². The fourth-order valence-corrected chi connectivity index (χ4v) is 2.22. The maximum Gasteiger partial charge on any atom is 0.122 e. The second-order valence-electron chi connectivity index (χ2n) is 4.80. The highest BCUT2D eigenvalue weighted by molar-refractivity contribution is 5.34. The molecule has 0 saturated heterocycles. The average molecular weight is 269 g/mol. The van der Waals surface area contributed by atoms with Crippen LogP contribution in [-0.4, -0.2) is 6.54 Å². The molecule has 0 aliphatic rings. The third-order valence-electron chi connectivity index (χ3n) is 3.42. The number of ether oxygens (including phenoxy) is 1. The lowest BCUT2D eigenvalue weighted by molar-refractivity contribution is 0.301. The minimum Gasteiger partial charge on any atom is -0.489 e. The van der Waals surface area contributed by atoms with Gasteiger partial charge in [-0.1, -0.05) is 56.3 Å². The van der Waals surface area contributed by atoms with Gasteiger partial charge in [-0.2, -0.15) is 0 Å². The van der Waals surface area contributed by atoms with Gasteiger partial charge in [-0.25, -0.2) is 0 Å². The normalized spacial score (nSPS) is 10.5. The van der Waals surface area contributed by atoms with E-state index in [1.165, 1.54) is 16.7 Å². The van der Waals surface area contributed by atoms with Crippen LogP contribution < -0.4 is 10.1 Å². The average Bonchev–Trinajstić information content (AvgIpc) is 2.52. The third kappa shape index (κ3) is 3.84. The van der Waals surface area contributed by atoms with Crippen molar-refractivity contribution >= 4 is 0 Å². The van der Waals surface area contributed by atoms with Crippen molar-refractivity contribution in [3.63, 3.8) is 0 Å². The molecular weight excluding hydrogens is 246 g/mol. The monoisotopic (exact) mass is 269 g/mol. The highest BCUT2D eigenvalue weighted by Crippen LogP contribution is 2.20. The topological polar surface area (TPSA) is 21.3 Å². The van der Waals surface area contributed by atoms with E-state index in [0.29, 0.717) is 6.61 Å². The zero-order valence-electron chi connectivity index (χ0n) is 12.4. The lowest BCUT2D eigenvalue weighted by Gasteiger charge is -2.13. The maximum absolute atomic E-state index is 6.01. The number of nitrogens with one attached hydrogen (secondary N) is 1. The molecule has 0 bridgehead atoms. The van der Waals surface area contributed by atoms with Crippen LogP contribution in [0, 0.1) is 0 Å². The fourth-order valence-electron chi connectivity index (χ4n) is 2.22. The summed E-state index contributed by atoms with van der Waals surface area (Å²) >= 11 is 0. The molecule has 0 saturated carbocycles. The first-order valence-corrected chi connectivity index (χ1v) is 7.33. The maximum atomic E-state index is 6.01. The molecule has 2 rings (SSSR count). The van der Waals surface area contributed by atoms with Gasteiger partial charge < -0.3 is 10.1 Å². The van der Waals surface area contributed by atoms with E-state index in [-0.39, 0.29) is 0 Å². The number of hydrogen-bond donors (Lipinski definition) is 1. The van der Waals surface area contributed by atoms with Gasteiger partial charge in [-0.3, -0.25) is 0 Å². The van der Waals surface area contributed by atoms with E-state index in [1.807, 2.05) is 12.1 Å². The van der Waals surface area contributed by atoms with E-state index in [0.717, 1.165) is 25.3 Å². The quantitative estimate of drug-likeness (QED) is 0.822. The summed E-state index contributed by atoms with van der Waals surface area (Å²) in [5, 5.41) is 3.37. The molecule has 0 heterocycles. The first kappa shape index (κ1) is 14.6. The van der Waals surface area contributed by atoms with Crippen LogP contribution in [0.1, 0.15) is 30.5 Å². The Kier molecular flexibility index (Phi) is 5.63. The SMILES string of the molecule is CCNCc1ccccc1COc1ccccc1CC. The van der Waals surface area contributed by atoms with Crippen molar-refractivity contribution in [1.29, 1.82) is 0 Å². The minimum absolute atomic E-state index is 0.624. The molecule has 0 aliphatic carbocycles. The van der Waals surface area contributed by atoms with Crippen LogP contribution in [0.25, 0.3) is 0 Å². The van der Waals surface area contributed by atoms with Crippen molar-refractivity contribution in [1.82, 2.24) is 5.32 Å². The van der Waals surface area contributed by atoms with Crippen LogP contribution in [0.2, 0.25) is 0 Å². The summed E-state index contributed by atoms with van der Waals surface area (Å²) in [7, 11) is 0. The number of rotatable bonds is 7. The zero-order valence-corrected chi connectivity index (χ0v) is 12.4. The van der Waals surface area contributed by atoms with Crippen molar-refractivity contribution in [2.75, 3.05) is 6.54 Å². The summed E-state index contributed by atoms with van der Waals surface area (Å²) < 4.78 is 6.01. The molecule has 0 fully saturated rings. The van der Waals surface area contributed by atoms with Gasteiger partial charge in [0.1, 0.15) is 12.4 Å². The van der Waals surface area contributed by atoms with Crippen molar-refractivity contribution < 1.29 is 4.74 Å². The molecule has 0 radical (unpaired) electrons. The van der Waals surface area contributed by atoms with Crippen LogP contribution in [0.4, 0.5) is 0 Å². The number of benzene rings is 2. The Bertz CT molecular complexity index is 536. The molecule has 0 aromatic heterocycles. The fraction of sp³-hybridized carbons (Fsp3) is 0.333. The molecule has 20 heavy (non-hydrogen) atoms. The molecule has 0 aliphatic heterocycles. The lowest BCUT2D eigenvalue weighted by Crippen LogP contribution is -2.14. The molecule has 0 amide bonds.